The maximum Gasteiger partial charge on any atom is 0.345 e. The Bertz CT molecular complexity index is 1220. The van der Waals surface area contributed by atoms with Gasteiger partial charge in [-0.05, 0) is 73.2 Å². The molecule has 3 aromatic carbocycles. The summed E-state index contributed by atoms with van der Waals surface area (Å²) in [5, 5.41) is 4.53. The lowest BCUT2D eigenvalue weighted by Crippen LogP contribution is -2.33. The largest absolute Gasteiger partial charge is 0.493 e. The number of methoxy groups -OCH3 is 1. The van der Waals surface area contributed by atoms with Gasteiger partial charge in [0, 0.05) is 9.50 Å². The lowest BCUT2D eigenvalue weighted by Gasteiger charge is -2.13. The van der Waals surface area contributed by atoms with Gasteiger partial charge in [0.05, 0.1) is 23.9 Å². The standard InChI is InChI=1S/C24H19BrCl2N2O5/c1-14(33-18-7-4-16(25)5-8-18)23(30)29-28-13-15-3-10-21(22(11-15)32-2)34-24(31)19-9-6-17(26)12-20(19)27/h3-14H,1-2H3,(H,29,30)/b28-13-/t14-/m1/s1. The second kappa shape index (κ2) is 11.9. The van der Waals surface area contributed by atoms with Crippen LogP contribution in [0.15, 0.2) is 70.2 Å². The molecule has 1 atom stereocenters. The molecule has 0 saturated heterocycles. The first kappa shape index (κ1) is 25.6. The quantitative estimate of drug-likeness (QED) is 0.159. The molecule has 3 aromatic rings. The summed E-state index contributed by atoms with van der Waals surface area (Å²) in [6.45, 7) is 1.62. The zero-order valence-electron chi connectivity index (χ0n) is 18.1. The Morgan fingerprint density at radius 2 is 1.76 bits per heavy atom. The van der Waals surface area contributed by atoms with Crippen LogP contribution in [0.25, 0.3) is 0 Å². The van der Waals surface area contributed by atoms with E-state index in [1.54, 1.807) is 43.3 Å². The zero-order valence-corrected chi connectivity index (χ0v) is 21.1. The number of carbonyl (C=O) groups is 2. The monoisotopic (exact) mass is 564 g/mol. The summed E-state index contributed by atoms with van der Waals surface area (Å²) < 4.78 is 17.2. The fourth-order valence-electron chi connectivity index (χ4n) is 2.69. The summed E-state index contributed by atoms with van der Waals surface area (Å²) >= 11 is 15.3. The lowest BCUT2D eigenvalue weighted by molar-refractivity contribution is -0.127. The van der Waals surface area contributed by atoms with Gasteiger partial charge in [-0.3, -0.25) is 4.79 Å². The van der Waals surface area contributed by atoms with E-state index >= 15 is 0 Å². The van der Waals surface area contributed by atoms with E-state index in [4.69, 9.17) is 37.4 Å². The summed E-state index contributed by atoms with van der Waals surface area (Å²) in [6.07, 6.45) is 0.670. The number of carbonyl (C=O) groups excluding carboxylic acids is 2. The van der Waals surface area contributed by atoms with Gasteiger partial charge in [-0.25, -0.2) is 10.2 Å². The van der Waals surface area contributed by atoms with Crippen LogP contribution in [-0.2, 0) is 4.79 Å². The van der Waals surface area contributed by atoms with Gasteiger partial charge in [0.1, 0.15) is 5.75 Å². The van der Waals surface area contributed by atoms with Crippen LogP contribution in [0.2, 0.25) is 10.0 Å². The summed E-state index contributed by atoms with van der Waals surface area (Å²) in [5.41, 5.74) is 3.19. The summed E-state index contributed by atoms with van der Waals surface area (Å²) in [6, 6.07) is 16.4. The molecule has 3 rings (SSSR count). The van der Waals surface area contributed by atoms with Gasteiger partial charge >= 0.3 is 5.97 Å². The van der Waals surface area contributed by atoms with E-state index in [0.29, 0.717) is 22.1 Å². The maximum atomic E-state index is 12.5. The van der Waals surface area contributed by atoms with Crippen LogP contribution < -0.4 is 19.6 Å². The van der Waals surface area contributed by atoms with Crippen LogP contribution in [0.3, 0.4) is 0 Å². The molecule has 7 nitrogen and oxygen atoms in total. The number of hydrazone groups is 1. The second-order valence-electron chi connectivity index (χ2n) is 6.87. The number of amides is 1. The number of nitrogens with zero attached hydrogens (tertiary/aromatic N) is 1. The molecule has 0 aliphatic rings. The molecule has 0 bridgehead atoms. The van der Waals surface area contributed by atoms with Gasteiger partial charge in [0.15, 0.2) is 17.6 Å². The third-order valence-electron chi connectivity index (χ3n) is 4.43. The predicted octanol–water partition coefficient (Wildman–Crippen LogP) is 5.90. The van der Waals surface area contributed by atoms with Crippen molar-refractivity contribution in [2.45, 2.75) is 13.0 Å². The Labute approximate surface area is 214 Å². The highest BCUT2D eigenvalue weighted by Crippen LogP contribution is 2.30. The molecular weight excluding hydrogens is 547 g/mol. The van der Waals surface area contributed by atoms with Crippen molar-refractivity contribution in [2.24, 2.45) is 5.10 Å². The SMILES string of the molecule is COc1cc(/C=N\NC(=O)[C@@H](C)Oc2ccc(Br)cc2)ccc1OC(=O)c1ccc(Cl)cc1Cl. The molecule has 34 heavy (non-hydrogen) atoms. The van der Waals surface area contributed by atoms with E-state index in [-0.39, 0.29) is 16.3 Å². The Morgan fingerprint density at radius 3 is 2.44 bits per heavy atom. The van der Waals surface area contributed by atoms with Crippen LogP contribution in [0.1, 0.15) is 22.8 Å². The molecule has 0 unspecified atom stereocenters. The predicted molar refractivity (Wildman–Crippen MR) is 134 cm³/mol. The number of hydrogen-bond acceptors (Lipinski definition) is 6. The highest BCUT2D eigenvalue weighted by Gasteiger charge is 2.16. The minimum Gasteiger partial charge on any atom is -0.493 e. The van der Waals surface area contributed by atoms with Crippen molar-refractivity contribution in [1.29, 1.82) is 0 Å². The fourth-order valence-corrected chi connectivity index (χ4v) is 3.44. The molecule has 1 amide bonds. The molecule has 0 heterocycles. The minimum absolute atomic E-state index is 0.168. The van der Waals surface area contributed by atoms with E-state index in [1.165, 1.54) is 25.5 Å². The van der Waals surface area contributed by atoms with E-state index in [2.05, 4.69) is 26.5 Å². The number of ether oxygens (including phenoxy) is 3. The van der Waals surface area contributed by atoms with Gasteiger partial charge < -0.3 is 14.2 Å². The van der Waals surface area contributed by atoms with Crippen molar-refractivity contribution in [3.63, 3.8) is 0 Å². The number of halogens is 3. The molecule has 0 aliphatic heterocycles. The van der Waals surface area contributed by atoms with E-state index in [0.717, 1.165) is 4.47 Å². The number of nitrogens with one attached hydrogen (secondary N) is 1. The van der Waals surface area contributed by atoms with Crippen LogP contribution in [0.4, 0.5) is 0 Å². The van der Waals surface area contributed by atoms with Crippen LogP contribution in [-0.4, -0.2) is 31.3 Å². The van der Waals surface area contributed by atoms with Crippen LogP contribution in [0, 0.1) is 0 Å². The van der Waals surface area contributed by atoms with Crippen LogP contribution >= 0.6 is 39.1 Å². The number of esters is 1. The third-order valence-corrected chi connectivity index (χ3v) is 5.50. The number of hydrogen-bond donors (Lipinski definition) is 1. The highest BCUT2D eigenvalue weighted by atomic mass is 79.9. The van der Waals surface area contributed by atoms with Gasteiger partial charge in [0.2, 0.25) is 0 Å². The number of benzene rings is 3. The zero-order chi connectivity index (χ0) is 24.7. The fraction of sp³-hybridized carbons (Fsp3) is 0.125. The Balaban J connectivity index is 1.61. The Hall–Kier alpha value is -3.07. The lowest BCUT2D eigenvalue weighted by atomic mass is 10.2. The minimum atomic E-state index is -0.755. The average Bonchev–Trinajstić information content (AvgIpc) is 2.81. The van der Waals surface area contributed by atoms with Gasteiger partial charge in [-0.2, -0.15) is 5.10 Å². The van der Waals surface area contributed by atoms with Crippen molar-refractivity contribution in [1.82, 2.24) is 5.43 Å². The normalized spacial score (nSPS) is 11.7. The van der Waals surface area contributed by atoms with Crippen molar-refractivity contribution in [3.8, 4) is 17.2 Å². The molecule has 0 aromatic heterocycles. The van der Waals surface area contributed by atoms with Crippen molar-refractivity contribution in [3.05, 3.63) is 86.3 Å². The van der Waals surface area contributed by atoms with Gasteiger partial charge in [-0.1, -0.05) is 39.1 Å². The second-order valence-corrected chi connectivity index (χ2v) is 8.63. The molecule has 0 saturated carbocycles. The van der Waals surface area contributed by atoms with Crippen molar-refractivity contribution in [2.75, 3.05) is 7.11 Å². The van der Waals surface area contributed by atoms with Gasteiger partial charge in [-0.15, -0.1) is 0 Å². The topological polar surface area (TPSA) is 86.2 Å². The average molecular weight is 566 g/mol. The van der Waals surface area contributed by atoms with Crippen molar-refractivity contribution < 1.29 is 23.8 Å². The molecule has 0 aliphatic carbocycles. The summed E-state index contributed by atoms with van der Waals surface area (Å²) in [7, 11) is 1.44. The third kappa shape index (κ3) is 6.96. The van der Waals surface area contributed by atoms with Crippen LogP contribution in [0.5, 0.6) is 17.2 Å². The molecule has 0 spiro atoms. The van der Waals surface area contributed by atoms with E-state index in [1.807, 2.05) is 12.1 Å². The molecular formula is C24H19BrCl2N2O5. The maximum absolute atomic E-state index is 12.5. The summed E-state index contributed by atoms with van der Waals surface area (Å²) in [4.78, 5) is 24.7. The Kier molecular flexibility index (Phi) is 8.92. The van der Waals surface area contributed by atoms with E-state index in [9.17, 15) is 9.59 Å². The molecule has 176 valence electrons. The van der Waals surface area contributed by atoms with Gasteiger partial charge in [0.25, 0.3) is 5.91 Å². The highest BCUT2D eigenvalue weighted by molar-refractivity contribution is 9.10. The molecule has 1 N–H and O–H groups in total. The van der Waals surface area contributed by atoms with E-state index < -0.39 is 18.0 Å². The van der Waals surface area contributed by atoms with Crippen molar-refractivity contribution >= 4 is 57.2 Å². The summed E-state index contributed by atoms with van der Waals surface area (Å²) in [5.74, 6) is -0.0357. The first-order valence-corrected chi connectivity index (χ1v) is 11.4. The first-order valence-electron chi connectivity index (χ1n) is 9.87. The number of rotatable bonds is 8. The molecule has 10 heteroatoms. The molecule has 0 fully saturated rings. The molecule has 0 radical (unpaired) electrons. The first-order chi connectivity index (χ1) is 16.3. The Morgan fingerprint density at radius 1 is 1.03 bits per heavy atom. The smallest absolute Gasteiger partial charge is 0.345 e.